The van der Waals surface area contributed by atoms with Gasteiger partial charge in [0.2, 0.25) is 0 Å². The Balaban J connectivity index is 1.58. The van der Waals surface area contributed by atoms with Crippen molar-refractivity contribution in [3.05, 3.63) is 81.8 Å². The number of rotatable bonds is 5. The number of hydrogen-bond acceptors (Lipinski definition) is 4. The first kappa shape index (κ1) is 18.8. The lowest BCUT2D eigenvalue weighted by Gasteiger charge is -2.32. The molecule has 0 aliphatic carbocycles. The molecule has 1 aromatic heterocycles. The minimum atomic E-state index is -0.473. The number of fused-ring (bicyclic) bond motifs is 1. The zero-order chi connectivity index (χ0) is 20.4. The van der Waals surface area contributed by atoms with Crippen LogP contribution in [0.4, 0.5) is 4.39 Å². The van der Waals surface area contributed by atoms with E-state index in [2.05, 4.69) is 15.3 Å². The van der Waals surface area contributed by atoms with E-state index in [1.54, 1.807) is 25.1 Å². The quantitative estimate of drug-likeness (QED) is 0.616. The van der Waals surface area contributed by atoms with E-state index in [4.69, 9.17) is 9.47 Å². The van der Waals surface area contributed by atoms with Crippen LogP contribution in [-0.4, -0.2) is 34.6 Å². The average molecular weight is 397 g/mol. The second-order valence-electron chi connectivity index (χ2n) is 6.90. The number of hydrogen-bond donors (Lipinski definition) is 3. The topological polar surface area (TPSA) is 96.2 Å². The van der Waals surface area contributed by atoms with Crippen LogP contribution in [0.1, 0.15) is 21.7 Å². The van der Waals surface area contributed by atoms with Crippen LogP contribution in [-0.2, 0) is 6.42 Å². The summed E-state index contributed by atoms with van der Waals surface area (Å²) in [7, 11) is 0. The molecular weight excluding hydrogens is 377 g/mol. The number of aromatic nitrogens is 2. The van der Waals surface area contributed by atoms with E-state index < -0.39 is 23.7 Å². The monoisotopic (exact) mass is 397 g/mol. The molecule has 1 amide bonds. The smallest absolute Gasteiger partial charge is 0.323 e. The van der Waals surface area contributed by atoms with Crippen LogP contribution in [0.5, 0.6) is 11.5 Å². The molecule has 0 saturated carbocycles. The molecule has 8 heteroatoms. The summed E-state index contributed by atoms with van der Waals surface area (Å²) in [5.74, 6) is 0.464. The van der Waals surface area contributed by atoms with E-state index >= 15 is 0 Å². The zero-order valence-corrected chi connectivity index (χ0v) is 15.7. The number of H-pyrrole nitrogens is 2. The lowest BCUT2D eigenvalue weighted by molar-refractivity contribution is 0.0563. The predicted molar refractivity (Wildman–Crippen MR) is 104 cm³/mol. The summed E-state index contributed by atoms with van der Waals surface area (Å²) in [6.45, 7) is 1.88. The van der Waals surface area contributed by atoms with Crippen molar-refractivity contribution in [1.29, 1.82) is 0 Å². The molecule has 4 rings (SSSR count). The van der Waals surface area contributed by atoms with Crippen LogP contribution in [0.2, 0.25) is 0 Å². The van der Waals surface area contributed by atoms with Gasteiger partial charge in [-0.05, 0) is 43.2 Å². The Morgan fingerprint density at radius 2 is 1.90 bits per heavy atom. The van der Waals surface area contributed by atoms with Gasteiger partial charge in [0.05, 0.1) is 6.04 Å². The number of imidazole rings is 1. The van der Waals surface area contributed by atoms with E-state index in [1.807, 2.05) is 18.2 Å². The van der Waals surface area contributed by atoms with Gasteiger partial charge in [0.15, 0.2) is 17.6 Å². The van der Waals surface area contributed by atoms with Gasteiger partial charge in [-0.3, -0.25) is 4.79 Å². The summed E-state index contributed by atoms with van der Waals surface area (Å²) in [4.78, 5) is 29.3. The second kappa shape index (κ2) is 7.83. The highest BCUT2D eigenvalue weighted by molar-refractivity contribution is 5.93. The number of benzene rings is 2. The van der Waals surface area contributed by atoms with Crippen molar-refractivity contribution in [2.45, 2.75) is 25.5 Å². The molecule has 2 heterocycles. The van der Waals surface area contributed by atoms with Gasteiger partial charge in [0.1, 0.15) is 18.1 Å². The van der Waals surface area contributed by atoms with Gasteiger partial charge in [-0.1, -0.05) is 24.3 Å². The molecule has 3 aromatic rings. The number of ether oxygens (including phenoxy) is 2. The number of para-hydroxylation sites is 2. The van der Waals surface area contributed by atoms with Gasteiger partial charge >= 0.3 is 5.69 Å². The third-order valence-electron chi connectivity index (χ3n) is 4.81. The number of aryl methyl sites for hydroxylation is 1. The maximum atomic E-state index is 13.3. The minimum Gasteiger partial charge on any atom is -0.486 e. The zero-order valence-electron chi connectivity index (χ0n) is 15.7. The van der Waals surface area contributed by atoms with Gasteiger partial charge in [0.25, 0.3) is 5.91 Å². The van der Waals surface area contributed by atoms with Gasteiger partial charge in [-0.25, -0.2) is 9.18 Å². The van der Waals surface area contributed by atoms with Gasteiger partial charge in [-0.2, -0.15) is 0 Å². The van der Waals surface area contributed by atoms with Crippen molar-refractivity contribution in [2.75, 3.05) is 6.61 Å². The van der Waals surface area contributed by atoms with Crippen LogP contribution in [0.15, 0.2) is 53.3 Å². The number of carbonyl (C=O) groups is 1. The number of carbonyl (C=O) groups excluding carboxylic acids is 1. The molecule has 7 nitrogen and oxygen atoms in total. The first-order valence-corrected chi connectivity index (χ1v) is 9.22. The molecule has 1 aliphatic rings. The fraction of sp³-hybridized carbons (Fsp3) is 0.238. The standard InChI is InChI=1S/C21H20FN3O4/c1-12-19(25-21(27)23-12)20(26)24-15(10-13-6-8-14(22)9-7-13)18-11-28-16-4-2-3-5-17(16)29-18/h2-9,15,18H,10-11H2,1H3,(H,24,26)(H2,23,25,27). The highest BCUT2D eigenvalue weighted by Crippen LogP contribution is 2.32. The van der Waals surface area contributed by atoms with E-state index in [-0.39, 0.29) is 18.1 Å². The number of amides is 1. The fourth-order valence-electron chi connectivity index (χ4n) is 3.32. The maximum absolute atomic E-state index is 13.3. The largest absolute Gasteiger partial charge is 0.486 e. The van der Waals surface area contributed by atoms with Crippen LogP contribution in [0.25, 0.3) is 0 Å². The molecule has 2 aromatic carbocycles. The van der Waals surface area contributed by atoms with Gasteiger partial charge in [0, 0.05) is 5.69 Å². The van der Waals surface area contributed by atoms with Crippen molar-refractivity contribution in [3.63, 3.8) is 0 Å². The molecule has 150 valence electrons. The fourth-order valence-corrected chi connectivity index (χ4v) is 3.32. The van der Waals surface area contributed by atoms with Crippen molar-refractivity contribution in [3.8, 4) is 11.5 Å². The molecule has 0 radical (unpaired) electrons. The van der Waals surface area contributed by atoms with E-state index in [0.29, 0.717) is 23.6 Å². The third-order valence-corrected chi connectivity index (χ3v) is 4.81. The molecule has 29 heavy (non-hydrogen) atoms. The Kier molecular flexibility index (Phi) is 5.07. The number of halogens is 1. The van der Waals surface area contributed by atoms with Crippen LogP contribution >= 0.6 is 0 Å². The average Bonchev–Trinajstić information content (AvgIpc) is 3.07. The highest BCUT2D eigenvalue weighted by Gasteiger charge is 2.31. The molecular formula is C21H20FN3O4. The Labute approximate surface area is 165 Å². The molecule has 0 fully saturated rings. The van der Waals surface area contributed by atoms with Gasteiger partial charge in [-0.15, -0.1) is 0 Å². The minimum absolute atomic E-state index is 0.163. The van der Waals surface area contributed by atoms with E-state index in [9.17, 15) is 14.0 Å². The second-order valence-corrected chi connectivity index (χ2v) is 6.90. The van der Waals surface area contributed by atoms with E-state index in [0.717, 1.165) is 5.56 Å². The summed E-state index contributed by atoms with van der Waals surface area (Å²) in [5, 5.41) is 2.92. The predicted octanol–water partition coefficient (Wildman–Crippen LogP) is 2.33. The molecule has 1 aliphatic heterocycles. The molecule has 0 spiro atoms. The van der Waals surface area contributed by atoms with Crippen LogP contribution < -0.4 is 20.5 Å². The first-order chi connectivity index (χ1) is 14.0. The normalized spacial score (nSPS) is 16.3. The Bertz CT molecular complexity index is 1070. The summed E-state index contributed by atoms with van der Waals surface area (Å²) in [6, 6.07) is 12.9. The summed E-state index contributed by atoms with van der Waals surface area (Å²) in [5.41, 5.74) is 0.989. The molecule has 2 atom stereocenters. The SMILES string of the molecule is Cc1[nH]c(=O)[nH]c1C(=O)NC(Cc1ccc(F)cc1)C1COc2ccccc2O1. The van der Waals surface area contributed by atoms with Gasteiger partial charge < -0.3 is 24.8 Å². The summed E-state index contributed by atoms with van der Waals surface area (Å²) >= 11 is 0. The summed E-state index contributed by atoms with van der Waals surface area (Å²) in [6.07, 6.45) is -0.0690. The van der Waals surface area contributed by atoms with Crippen LogP contribution in [0, 0.1) is 12.7 Å². The molecule has 3 N–H and O–H groups in total. The van der Waals surface area contributed by atoms with Crippen molar-refractivity contribution < 1.29 is 18.7 Å². The van der Waals surface area contributed by atoms with Crippen LogP contribution in [0.3, 0.4) is 0 Å². The Hall–Kier alpha value is -3.55. The molecule has 0 saturated heterocycles. The molecule has 0 bridgehead atoms. The number of nitrogens with one attached hydrogen (secondary N) is 3. The Morgan fingerprint density at radius 1 is 1.17 bits per heavy atom. The maximum Gasteiger partial charge on any atom is 0.323 e. The first-order valence-electron chi connectivity index (χ1n) is 9.22. The summed E-state index contributed by atoms with van der Waals surface area (Å²) < 4.78 is 25.1. The lowest BCUT2D eigenvalue weighted by atomic mass is 10.0. The van der Waals surface area contributed by atoms with Crippen molar-refractivity contribution in [1.82, 2.24) is 15.3 Å². The lowest BCUT2D eigenvalue weighted by Crippen LogP contribution is -2.51. The number of aromatic amines is 2. The highest BCUT2D eigenvalue weighted by atomic mass is 19.1. The Morgan fingerprint density at radius 3 is 2.59 bits per heavy atom. The molecule has 2 unspecified atom stereocenters. The third kappa shape index (κ3) is 4.16. The van der Waals surface area contributed by atoms with E-state index in [1.165, 1.54) is 12.1 Å². The van der Waals surface area contributed by atoms with Crippen molar-refractivity contribution in [2.24, 2.45) is 0 Å². The van der Waals surface area contributed by atoms with Crippen molar-refractivity contribution >= 4 is 5.91 Å².